The molecule has 3 aromatic carbocycles. The van der Waals surface area contributed by atoms with Crippen LogP contribution in [0.15, 0.2) is 96.8 Å². The number of piperidine rings is 2. The molecule has 6 rings (SSSR count). The lowest BCUT2D eigenvalue weighted by molar-refractivity contribution is -0.141. The van der Waals surface area contributed by atoms with Gasteiger partial charge < -0.3 is 36.2 Å². The van der Waals surface area contributed by atoms with Crippen LogP contribution >= 0.6 is 0 Å². The molecule has 3 aliphatic rings. The third kappa shape index (κ3) is 9.44. The van der Waals surface area contributed by atoms with Crippen molar-refractivity contribution in [3.05, 3.63) is 114 Å². The Kier molecular flexibility index (Phi) is 13.6. The Morgan fingerprint density at radius 2 is 1.49 bits per heavy atom. The highest BCUT2D eigenvalue weighted by Gasteiger charge is 2.46. The highest BCUT2D eigenvalue weighted by atomic mass is 16.3. The lowest BCUT2D eigenvalue weighted by Gasteiger charge is -2.46. The minimum atomic E-state index is -0.671. The molecule has 3 aromatic rings. The number of hydrogen-bond donors (Lipinski definition) is 4. The molecule has 3 aliphatic heterocycles. The normalized spacial score (nSPS) is 18.5. The molecule has 1 atom stereocenters. The van der Waals surface area contributed by atoms with Crippen LogP contribution in [0.25, 0.3) is 5.70 Å². The smallest absolute Gasteiger partial charge is 0.233 e. The van der Waals surface area contributed by atoms with Crippen LogP contribution in [0.2, 0.25) is 0 Å². The fraction of sp³-hybridized carbons (Fsp3) is 0.422. The first kappa shape index (κ1) is 40.9. The van der Waals surface area contributed by atoms with Gasteiger partial charge in [-0.2, -0.15) is 0 Å². The second-order valence-corrected chi connectivity index (χ2v) is 15.5. The van der Waals surface area contributed by atoms with Crippen molar-refractivity contribution in [3.8, 4) is 5.75 Å². The molecule has 12 heteroatoms. The molecule has 6 N–H and O–H groups in total. The number of rotatable bonds is 13. The Morgan fingerprint density at radius 1 is 0.842 bits per heavy atom. The SMILES string of the molecule is CCCC(C(=O)NC=O)c1ccc(N2CCN(C(=O)CC3CCN(C(=O)C4(c5ccccc5)CCN(C(/C=C(\N)c5ccccc5O)=C/N)CC4)CC3)CC2)cc1. The maximum atomic E-state index is 14.6. The Labute approximate surface area is 336 Å². The Hall–Kier alpha value is -5.78. The summed E-state index contributed by atoms with van der Waals surface area (Å²) in [6.45, 7) is 7.24. The number of piperazine rings is 1. The van der Waals surface area contributed by atoms with Crippen LogP contribution < -0.4 is 21.7 Å². The predicted octanol–water partition coefficient (Wildman–Crippen LogP) is 4.66. The summed E-state index contributed by atoms with van der Waals surface area (Å²) in [5.41, 5.74) is 16.5. The number of nitrogens with zero attached hydrogens (tertiary/aromatic N) is 4. The number of likely N-dealkylation sites (tertiary alicyclic amines) is 2. The zero-order chi connectivity index (χ0) is 40.4. The Bertz CT molecular complexity index is 1910. The van der Waals surface area contributed by atoms with Gasteiger partial charge in [-0.1, -0.05) is 67.9 Å². The van der Waals surface area contributed by atoms with Crippen molar-refractivity contribution in [2.45, 2.75) is 63.2 Å². The second-order valence-electron chi connectivity index (χ2n) is 15.5. The van der Waals surface area contributed by atoms with Crippen LogP contribution in [0.5, 0.6) is 5.75 Å². The van der Waals surface area contributed by atoms with Gasteiger partial charge in [0, 0.05) is 81.9 Å². The summed E-state index contributed by atoms with van der Waals surface area (Å²) in [7, 11) is 0. The van der Waals surface area contributed by atoms with Gasteiger partial charge in [0.15, 0.2) is 0 Å². The third-order valence-corrected chi connectivity index (χ3v) is 12.2. The molecule has 0 saturated carbocycles. The molecule has 0 radical (unpaired) electrons. The largest absolute Gasteiger partial charge is 0.507 e. The fourth-order valence-electron chi connectivity index (χ4n) is 8.78. The molecule has 3 saturated heterocycles. The van der Waals surface area contributed by atoms with Gasteiger partial charge in [0.25, 0.3) is 0 Å². The van der Waals surface area contributed by atoms with Crippen molar-refractivity contribution in [3.63, 3.8) is 0 Å². The van der Waals surface area contributed by atoms with E-state index in [1.54, 1.807) is 24.3 Å². The lowest BCUT2D eigenvalue weighted by Crippen LogP contribution is -2.54. The summed E-state index contributed by atoms with van der Waals surface area (Å²) < 4.78 is 0. The van der Waals surface area contributed by atoms with Crippen LogP contribution in [-0.2, 0) is 24.6 Å². The van der Waals surface area contributed by atoms with Crippen molar-refractivity contribution in [2.75, 3.05) is 57.3 Å². The monoisotopic (exact) mass is 775 g/mol. The summed E-state index contributed by atoms with van der Waals surface area (Å²) >= 11 is 0. The molecule has 0 aromatic heterocycles. The lowest BCUT2D eigenvalue weighted by atomic mass is 9.71. The molecule has 3 heterocycles. The first-order chi connectivity index (χ1) is 27.7. The number of allylic oxidation sites excluding steroid dienone is 1. The van der Waals surface area contributed by atoms with E-state index in [1.165, 1.54) is 6.20 Å². The summed E-state index contributed by atoms with van der Waals surface area (Å²) in [5.74, 6) is 0.00583. The number of carbonyl (C=O) groups is 4. The molecule has 0 aliphatic carbocycles. The number of para-hydroxylation sites is 1. The molecule has 1 unspecified atom stereocenters. The van der Waals surface area contributed by atoms with E-state index in [0.29, 0.717) is 82.6 Å². The van der Waals surface area contributed by atoms with Crippen molar-refractivity contribution in [1.29, 1.82) is 0 Å². The number of imide groups is 1. The summed E-state index contributed by atoms with van der Waals surface area (Å²) in [6, 6.07) is 25.0. The van der Waals surface area contributed by atoms with Crippen molar-refractivity contribution in [2.24, 2.45) is 17.4 Å². The molecule has 0 bridgehead atoms. The van der Waals surface area contributed by atoms with Crippen LogP contribution in [-0.4, -0.2) is 96.3 Å². The zero-order valence-corrected chi connectivity index (χ0v) is 33.0. The number of anilines is 1. The first-order valence-electron chi connectivity index (χ1n) is 20.3. The van der Waals surface area contributed by atoms with E-state index in [-0.39, 0.29) is 35.3 Å². The van der Waals surface area contributed by atoms with Gasteiger partial charge >= 0.3 is 0 Å². The van der Waals surface area contributed by atoms with Gasteiger partial charge in [0.05, 0.1) is 17.0 Å². The molecule has 0 spiro atoms. The fourth-order valence-corrected chi connectivity index (χ4v) is 8.78. The Balaban J connectivity index is 1.01. The number of aromatic hydroxyl groups is 1. The number of benzene rings is 3. The summed E-state index contributed by atoms with van der Waals surface area (Å²) in [5, 5.41) is 12.6. The third-order valence-electron chi connectivity index (χ3n) is 12.2. The molecule has 302 valence electrons. The number of phenols is 1. The number of phenolic OH excluding ortho intramolecular Hbond substituents is 1. The van der Waals surface area contributed by atoms with E-state index >= 15 is 0 Å². The van der Waals surface area contributed by atoms with Crippen LogP contribution in [0.4, 0.5) is 5.69 Å². The van der Waals surface area contributed by atoms with Crippen LogP contribution in [0.3, 0.4) is 0 Å². The number of carbonyl (C=O) groups excluding carboxylic acids is 4. The first-order valence-corrected chi connectivity index (χ1v) is 20.3. The molecule has 3 fully saturated rings. The minimum absolute atomic E-state index is 0.101. The molecular formula is C45H57N7O5. The van der Waals surface area contributed by atoms with E-state index in [9.17, 15) is 24.3 Å². The summed E-state index contributed by atoms with van der Waals surface area (Å²) in [6.07, 6.45) is 8.54. The number of hydrogen-bond acceptors (Lipinski definition) is 9. The van der Waals surface area contributed by atoms with Crippen LogP contribution in [0.1, 0.15) is 74.5 Å². The molecular weight excluding hydrogens is 719 g/mol. The number of amides is 4. The van der Waals surface area contributed by atoms with Gasteiger partial charge in [-0.05, 0) is 79.5 Å². The minimum Gasteiger partial charge on any atom is -0.507 e. The number of nitrogens with two attached hydrogens (primary N) is 2. The van der Waals surface area contributed by atoms with Gasteiger partial charge in [-0.3, -0.25) is 24.5 Å². The van der Waals surface area contributed by atoms with Crippen molar-refractivity contribution >= 4 is 35.5 Å². The maximum absolute atomic E-state index is 14.6. The average Bonchev–Trinajstić information content (AvgIpc) is 3.25. The van der Waals surface area contributed by atoms with E-state index in [2.05, 4.69) is 27.2 Å². The van der Waals surface area contributed by atoms with Crippen molar-refractivity contribution in [1.82, 2.24) is 20.0 Å². The quantitative estimate of drug-likeness (QED) is 0.143. The highest BCUT2D eigenvalue weighted by Crippen LogP contribution is 2.40. The van der Waals surface area contributed by atoms with E-state index in [0.717, 1.165) is 54.9 Å². The molecule has 4 amide bonds. The second kappa shape index (κ2) is 18.9. The van der Waals surface area contributed by atoms with E-state index < -0.39 is 5.41 Å². The average molecular weight is 776 g/mol. The predicted molar refractivity (Wildman–Crippen MR) is 222 cm³/mol. The zero-order valence-electron chi connectivity index (χ0n) is 33.0. The highest BCUT2D eigenvalue weighted by molar-refractivity contribution is 5.91. The maximum Gasteiger partial charge on any atom is 0.233 e. The summed E-state index contributed by atoms with van der Waals surface area (Å²) in [4.78, 5) is 59.7. The van der Waals surface area contributed by atoms with Gasteiger partial charge in [-0.15, -0.1) is 0 Å². The van der Waals surface area contributed by atoms with Gasteiger partial charge in [-0.25, -0.2) is 0 Å². The van der Waals surface area contributed by atoms with E-state index in [1.807, 2.05) is 65.3 Å². The molecule has 57 heavy (non-hydrogen) atoms. The van der Waals surface area contributed by atoms with Gasteiger partial charge in [0.1, 0.15) is 5.75 Å². The Morgan fingerprint density at radius 3 is 2.11 bits per heavy atom. The van der Waals surface area contributed by atoms with Gasteiger partial charge in [0.2, 0.25) is 24.1 Å². The van der Waals surface area contributed by atoms with Crippen LogP contribution in [0, 0.1) is 5.92 Å². The van der Waals surface area contributed by atoms with Crippen molar-refractivity contribution < 1.29 is 24.3 Å². The number of nitrogens with one attached hydrogen (secondary N) is 1. The standard InChI is InChI=1S/C45H57N7O5/c1-2-8-38(43(56)48-32-53)34-13-15-36(16-14-34)50-25-27-51(28-26-50)42(55)29-33-17-21-52(22-18-33)44(57)45(35-9-4-3-5-10-35)19-23-49(24-20-45)37(31-46)30-40(47)39-11-6-7-12-41(39)54/h3-7,9-16,30-33,38,54H,2,8,17-29,46-47H2,1H3,(H,48,53,56)/b37-31+,40-30-. The topological polar surface area (TPSA) is 166 Å². The molecule has 12 nitrogen and oxygen atoms in total. The van der Waals surface area contributed by atoms with E-state index in [4.69, 9.17) is 11.5 Å².